The first-order chi connectivity index (χ1) is 9.72. The number of rotatable bonds is 4. The number of hydrogen-bond acceptors (Lipinski definition) is 5. The summed E-state index contributed by atoms with van der Waals surface area (Å²) in [6, 6.07) is 3.36. The van der Waals surface area contributed by atoms with E-state index in [4.69, 9.17) is 4.74 Å². The van der Waals surface area contributed by atoms with E-state index >= 15 is 0 Å². The third kappa shape index (κ3) is 3.57. The second-order valence-electron chi connectivity index (χ2n) is 5.86. The lowest BCUT2D eigenvalue weighted by Crippen LogP contribution is -2.45. The summed E-state index contributed by atoms with van der Waals surface area (Å²) in [5.41, 5.74) is 1.52. The van der Waals surface area contributed by atoms with Crippen LogP contribution < -0.4 is 5.32 Å². The monoisotopic (exact) mass is 312 g/mol. The van der Waals surface area contributed by atoms with E-state index in [9.17, 15) is 0 Å². The lowest BCUT2D eigenvalue weighted by Gasteiger charge is -2.33. The molecular weight excluding hydrogens is 288 g/mol. The molecule has 2 unspecified atom stereocenters. The Kier molecular flexibility index (Phi) is 5.04. The lowest BCUT2D eigenvalue weighted by molar-refractivity contribution is 0.0337. The van der Waals surface area contributed by atoms with Gasteiger partial charge in [-0.3, -0.25) is 4.90 Å². The van der Waals surface area contributed by atoms with Crippen molar-refractivity contribution in [2.45, 2.75) is 41.8 Å². The third-order valence-corrected chi connectivity index (χ3v) is 6.38. The predicted molar refractivity (Wildman–Crippen MR) is 86.9 cm³/mol. The number of fused-ring (bicyclic) bond motifs is 1. The van der Waals surface area contributed by atoms with Gasteiger partial charge in [0.2, 0.25) is 0 Å². The van der Waals surface area contributed by atoms with Crippen LogP contribution in [-0.4, -0.2) is 49.0 Å². The van der Waals surface area contributed by atoms with Crippen molar-refractivity contribution in [1.82, 2.24) is 10.2 Å². The van der Waals surface area contributed by atoms with Gasteiger partial charge in [-0.25, -0.2) is 0 Å². The summed E-state index contributed by atoms with van der Waals surface area (Å²) in [5, 5.41) is 6.80. The summed E-state index contributed by atoms with van der Waals surface area (Å²) >= 11 is 3.93. The molecule has 5 heteroatoms. The standard InChI is InChI=1S/C15H24N2OS2/c1-11(10-17-4-6-18-7-5-17)16-14-9-12(2)20-15-13(14)3-8-19-15/h3,8,11-12,14,16H,4-7,9-10H2,1-2H3/t11?,12-,14?/m0/s1. The summed E-state index contributed by atoms with van der Waals surface area (Å²) in [6.45, 7) is 9.71. The number of morpholine rings is 1. The molecule has 3 rings (SSSR count). The fourth-order valence-electron chi connectivity index (χ4n) is 3.07. The molecule has 112 valence electrons. The number of nitrogens with zero attached hydrogens (tertiary/aromatic N) is 1. The van der Waals surface area contributed by atoms with Gasteiger partial charge < -0.3 is 10.1 Å². The van der Waals surface area contributed by atoms with Crippen LogP contribution in [0.2, 0.25) is 0 Å². The largest absolute Gasteiger partial charge is 0.379 e. The van der Waals surface area contributed by atoms with Gasteiger partial charge in [0.1, 0.15) is 0 Å². The van der Waals surface area contributed by atoms with Crippen molar-refractivity contribution in [2.75, 3.05) is 32.8 Å². The van der Waals surface area contributed by atoms with Crippen molar-refractivity contribution in [2.24, 2.45) is 0 Å². The van der Waals surface area contributed by atoms with E-state index in [0.717, 1.165) is 32.8 Å². The Morgan fingerprint density at radius 1 is 1.45 bits per heavy atom. The van der Waals surface area contributed by atoms with Crippen LogP contribution in [0.15, 0.2) is 15.7 Å². The zero-order valence-electron chi connectivity index (χ0n) is 12.3. The average Bonchev–Trinajstić information content (AvgIpc) is 2.88. The van der Waals surface area contributed by atoms with Crippen LogP contribution >= 0.6 is 23.1 Å². The van der Waals surface area contributed by atoms with Crippen molar-refractivity contribution in [3.8, 4) is 0 Å². The van der Waals surface area contributed by atoms with Crippen molar-refractivity contribution in [1.29, 1.82) is 0 Å². The Labute approximate surface area is 130 Å². The van der Waals surface area contributed by atoms with Gasteiger partial charge in [0, 0.05) is 37.0 Å². The number of nitrogens with one attached hydrogen (secondary N) is 1. The predicted octanol–water partition coefficient (Wildman–Crippen LogP) is 2.98. The van der Waals surface area contributed by atoms with Gasteiger partial charge in [-0.15, -0.1) is 23.1 Å². The van der Waals surface area contributed by atoms with Crippen LogP contribution in [-0.2, 0) is 4.74 Å². The van der Waals surface area contributed by atoms with E-state index in [1.165, 1.54) is 16.2 Å². The molecule has 3 atom stereocenters. The third-order valence-electron chi connectivity index (χ3n) is 4.03. The molecule has 0 bridgehead atoms. The number of thioether (sulfide) groups is 1. The topological polar surface area (TPSA) is 24.5 Å². The summed E-state index contributed by atoms with van der Waals surface area (Å²) in [6.07, 6.45) is 1.24. The summed E-state index contributed by atoms with van der Waals surface area (Å²) in [5.74, 6) is 0. The van der Waals surface area contributed by atoms with E-state index in [1.54, 1.807) is 0 Å². The zero-order valence-corrected chi connectivity index (χ0v) is 13.9. The van der Waals surface area contributed by atoms with Crippen molar-refractivity contribution >= 4 is 23.1 Å². The lowest BCUT2D eigenvalue weighted by atomic mass is 10.0. The number of hydrogen-bond donors (Lipinski definition) is 1. The molecule has 3 heterocycles. The van der Waals surface area contributed by atoms with Crippen LogP contribution in [0, 0.1) is 0 Å². The molecule has 1 aromatic rings. The van der Waals surface area contributed by atoms with Crippen LogP contribution in [0.5, 0.6) is 0 Å². The molecule has 20 heavy (non-hydrogen) atoms. The van der Waals surface area contributed by atoms with E-state index in [1.807, 2.05) is 23.1 Å². The highest BCUT2D eigenvalue weighted by Crippen LogP contribution is 2.43. The maximum absolute atomic E-state index is 5.42. The summed E-state index contributed by atoms with van der Waals surface area (Å²) < 4.78 is 6.93. The maximum Gasteiger partial charge on any atom is 0.0649 e. The molecule has 0 spiro atoms. The van der Waals surface area contributed by atoms with Crippen molar-refractivity contribution < 1.29 is 4.74 Å². The van der Waals surface area contributed by atoms with Crippen LogP contribution in [0.1, 0.15) is 31.9 Å². The van der Waals surface area contributed by atoms with Gasteiger partial charge in [-0.1, -0.05) is 6.92 Å². The molecule has 1 saturated heterocycles. The van der Waals surface area contributed by atoms with E-state index in [0.29, 0.717) is 17.3 Å². The minimum atomic E-state index is 0.529. The maximum atomic E-state index is 5.42. The van der Waals surface area contributed by atoms with Gasteiger partial charge >= 0.3 is 0 Å². The van der Waals surface area contributed by atoms with Crippen molar-refractivity contribution in [3.05, 3.63) is 17.0 Å². The molecule has 1 aromatic heterocycles. The highest BCUT2D eigenvalue weighted by molar-refractivity contribution is 8.01. The summed E-state index contributed by atoms with van der Waals surface area (Å²) in [7, 11) is 0. The molecule has 0 amide bonds. The van der Waals surface area contributed by atoms with Crippen LogP contribution in [0.4, 0.5) is 0 Å². The second kappa shape index (κ2) is 6.79. The van der Waals surface area contributed by atoms with Crippen molar-refractivity contribution in [3.63, 3.8) is 0 Å². The Balaban J connectivity index is 1.57. The molecule has 2 aliphatic heterocycles. The fraction of sp³-hybridized carbons (Fsp3) is 0.733. The molecule has 0 saturated carbocycles. The molecule has 0 radical (unpaired) electrons. The highest BCUT2D eigenvalue weighted by atomic mass is 32.2. The Morgan fingerprint density at radius 3 is 3.05 bits per heavy atom. The second-order valence-corrected chi connectivity index (χ2v) is 8.48. The minimum Gasteiger partial charge on any atom is -0.379 e. The molecule has 2 aliphatic rings. The molecule has 1 N–H and O–H groups in total. The zero-order chi connectivity index (χ0) is 13.9. The van der Waals surface area contributed by atoms with Gasteiger partial charge in [0.05, 0.1) is 17.4 Å². The Hall–Kier alpha value is -0.0700. The SMILES string of the molecule is CC(CN1CCOCC1)NC1C[C@H](C)Sc2sccc21. The summed E-state index contributed by atoms with van der Waals surface area (Å²) in [4.78, 5) is 2.51. The van der Waals surface area contributed by atoms with E-state index in [2.05, 4.69) is 35.5 Å². The smallest absolute Gasteiger partial charge is 0.0649 e. The molecular formula is C15H24N2OS2. The quantitative estimate of drug-likeness (QED) is 0.924. The number of thiophene rings is 1. The molecule has 0 aromatic carbocycles. The Morgan fingerprint density at radius 2 is 2.25 bits per heavy atom. The fourth-order valence-corrected chi connectivity index (χ4v) is 5.64. The average molecular weight is 313 g/mol. The van der Waals surface area contributed by atoms with E-state index < -0.39 is 0 Å². The molecule has 0 aliphatic carbocycles. The first-order valence-corrected chi connectivity index (χ1v) is 9.28. The van der Waals surface area contributed by atoms with Gasteiger partial charge in [0.25, 0.3) is 0 Å². The van der Waals surface area contributed by atoms with E-state index in [-0.39, 0.29) is 0 Å². The molecule has 1 fully saturated rings. The normalized spacial score (nSPS) is 29.1. The first kappa shape index (κ1) is 14.9. The van der Waals surface area contributed by atoms with Crippen LogP contribution in [0.25, 0.3) is 0 Å². The Bertz CT molecular complexity index is 431. The molecule has 3 nitrogen and oxygen atoms in total. The van der Waals surface area contributed by atoms with Gasteiger partial charge in [-0.2, -0.15) is 0 Å². The highest BCUT2D eigenvalue weighted by Gasteiger charge is 2.27. The first-order valence-electron chi connectivity index (χ1n) is 7.52. The number of ether oxygens (including phenoxy) is 1. The van der Waals surface area contributed by atoms with Gasteiger partial charge in [0.15, 0.2) is 0 Å². The van der Waals surface area contributed by atoms with Crippen LogP contribution in [0.3, 0.4) is 0 Å². The van der Waals surface area contributed by atoms with Gasteiger partial charge in [-0.05, 0) is 30.4 Å². The minimum absolute atomic E-state index is 0.529.